The van der Waals surface area contributed by atoms with E-state index in [1.54, 1.807) is 0 Å². The average molecular weight is 562 g/mol. The molecule has 1 radical (unpaired) electrons. The quantitative estimate of drug-likeness (QED) is 0.198. The number of hydrogen-bond acceptors (Lipinski definition) is 2. The van der Waals surface area contributed by atoms with Crippen LogP contribution in [-0.4, -0.2) is 22.4 Å². The van der Waals surface area contributed by atoms with E-state index in [4.69, 9.17) is 0 Å². The summed E-state index contributed by atoms with van der Waals surface area (Å²) < 4.78 is 2.13. The third kappa shape index (κ3) is 8.38. The molecule has 2 N–H and O–H groups in total. The Labute approximate surface area is 197 Å². The average Bonchev–Trinajstić information content (AvgIpc) is 3.42. The van der Waals surface area contributed by atoms with Gasteiger partial charge in [0.25, 0.3) is 0 Å². The van der Waals surface area contributed by atoms with Crippen molar-refractivity contribution in [2.75, 3.05) is 0 Å². The summed E-state index contributed by atoms with van der Waals surface area (Å²) in [4.78, 5) is 14.7. The standard InChI is InChI=1S/2C11H9BrN2.Cu/c2*12-9-3-5-10(6-4-9)14-8-11-2-1-7-13-11;/h2*1-8,13H;. The molecule has 0 unspecified atom stereocenters. The maximum absolute atomic E-state index is 4.31. The molecule has 0 fully saturated rings. The van der Waals surface area contributed by atoms with Gasteiger partial charge in [0, 0.05) is 38.4 Å². The van der Waals surface area contributed by atoms with Crippen molar-refractivity contribution in [3.05, 3.63) is 106 Å². The van der Waals surface area contributed by atoms with Crippen LogP contribution in [0.15, 0.2) is 104 Å². The van der Waals surface area contributed by atoms with Crippen molar-refractivity contribution in [3.8, 4) is 0 Å². The Bertz CT molecular complexity index is 922. The van der Waals surface area contributed by atoms with Crippen LogP contribution in [0.25, 0.3) is 0 Å². The molecule has 2 aromatic heterocycles. The van der Waals surface area contributed by atoms with Crippen molar-refractivity contribution in [2.45, 2.75) is 0 Å². The van der Waals surface area contributed by atoms with Gasteiger partial charge in [-0.2, -0.15) is 0 Å². The Kier molecular flexibility index (Phi) is 9.88. The van der Waals surface area contributed by atoms with Gasteiger partial charge in [-0.1, -0.05) is 31.9 Å². The Morgan fingerprint density at radius 2 is 0.966 bits per heavy atom. The van der Waals surface area contributed by atoms with Crippen LogP contribution in [0, 0.1) is 0 Å². The number of benzene rings is 2. The van der Waals surface area contributed by atoms with Gasteiger partial charge in [0.1, 0.15) is 0 Å². The molecule has 4 aromatic rings. The van der Waals surface area contributed by atoms with Gasteiger partial charge in [-0.3, -0.25) is 9.98 Å². The number of aliphatic imine (C=N–C) groups is 2. The van der Waals surface area contributed by atoms with Crippen molar-refractivity contribution >= 4 is 55.7 Å². The Balaban J connectivity index is 0.000000200. The summed E-state index contributed by atoms with van der Waals surface area (Å²) in [5, 5.41) is 0. The minimum atomic E-state index is 0. The monoisotopic (exact) mass is 559 g/mol. The molecule has 4 nitrogen and oxygen atoms in total. The molecular weight excluding hydrogens is 544 g/mol. The van der Waals surface area contributed by atoms with Crippen LogP contribution in [-0.2, 0) is 17.1 Å². The maximum Gasteiger partial charge on any atom is 0.0631 e. The van der Waals surface area contributed by atoms with E-state index in [-0.39, 0.29) is 17.1 Å². The predicted molar refractivity (Wildman–Crippen MR) is 124 cm³/mol. The molecule has 0 saturated carbocycles. The first-order valence-corrected chi connectivity index (χ1v) is 10.1. The van der Waals surface area contributed by atoms with Crippen LogP contribution in [0.1, 0.15) is 11.4 Å². The van der Waals surface area contributed by atoms with Crippen LogP contribution in [0.2, 0.25) is 0 Å². The zero-order chi connectivity index (χ0) is 19.6. The molecule has 0 saturated heterocycles. The molecule has 0 aliphatic rings. The Morgan fingerprint density at radius 1 is 0.586 bits per heavy atom. The first-order valence-electron chi connectivity index (χ1n) is 8.55. The van der Waals surface area contributed by atoms with Gasteiger partial charge in [-0.25, -0.2) is 0 Å². The van der Waals surface area contributed by atoms with Crippen LogP contribution in [0.4, 0.5) is 11.4 Å². The van der Waals surface area contributed by atoms with Crippen molar-refractivity contribution in [1.29, 1.82) is 0 Å². The van der Waals surface area contributed by atoms with E-state index in [0.29, 0.717) is 0 Å². The molecule has 2 aromatic carbocycles. The van der Waals surface area contributed by atoms with E-state index >= 15 is 0 Å². The minimum absolute atomic E-state index is 0. The van der Waals surface area contributed by atoms with Gasteiger partial charge in [0.05, 0.1) is 35.2 Å². The first-order chi connectivity index (χ1) is 13.7. The van der Waals surface area contributed by atoms with E-state index in [0.717, 1.165) is 31.7 Å². The number of rotatable bonds is 4. The largest absolute Gasteiger partial charge is 0.360 e. The molecule has 151 valence electrons. The summed E-state index contributed by atoms with van der Waals surface area (Å²) in [6, 6.07) is 23.6. The summed E-state index contributed by atoms with van der Waals surface area (Å²) in [5.41, 5.74) is 3.91. The summed E-state index contributed by atoms with van der Waals surface area (Å²) in [5.74, 6) is 0. The van der Waals surface area contributed by atoms with Crippen molar-refractivity contribution in [3.63, 3.8) is 0 Å². The molecule has 0 atom stereocenters. The SMILES string of the molecule is Brc1ccc(N=Cc2ccc[nH]2)cc1.Brc1ccc(N=Cc2ccc[nH]2)cc1.[Cu]. The summed E-state index contributed by atoms with van der Waals surface area (Å²) in [7, 11) is 0. The number of aromatic nitrogens is 2. The topological polar surface area (TPSA) is 56.3 Å². The van der Waals surface area contributed by atoms with E-state index in [9.17, 15) is 0 Å². The second kappa shape index (κ2) is 12.4. The predicted octanol–water partition coefficient (Wildman–Crippen LogP) is 7.05. The smallest absolute Gasteiger partial charge is 0.0631 e. The fourth-order valence-corrected chi connectivity index (χ4v) is 2.72. The maximum atomic E-state index is 4.31. The van der Waals surface area contributed by atoms with Crippen molar-refractivity contribution < 1.29 is 17.1 Å². The van der Waals surface area contributed by atoms with E-state index in [1.807, 2.05) is 97.6 Å². The van der Waals surface area contributed by atoms with Gasteiger partial charge >= 0.3 is 0 Å². The second-order valence-corrected chi connectivity index (χ2v) is 7.55. The molecule has 0 aliphatic heterocycles. The number of aromatic amines is 2. The van der Waals surface area contributed by atoms with Gasteiger partial charge in [-0.15, -0.1) is 0 Å². The summed E-state index contributed by atoms with van der Waals surface area (Å²) in [6.45, 7) is 0. The van der Waals surface area contributed by atoms with E-state index in [2.05, 4.69) is 51.8 Å². The Morgan fingerprint density at radius 3 is 1.28 bits per heavy atom. The van der Waals surface area contributed by atoms with Crippen molar-refractivity contribution in [1.82, 2.24) is 9.97 Å². The van der Waals surface area contributed by atoms with Crippen LogP contribution >= 0.6 is 31.9 Å². The molecule has 0 bridgehead atoms. The normalized spacial score (nSPS) is 10.6. The molecule has 0 aliphatic carbocycles. The fourth-order valence-electron chi connectivity index (χ4n) is 2.19. The molecule has 0 amide bonds. The molecular formula is C22H18Br2CuN4. The molecule has 29 heavy (non-hydrogen) atoms. The van der Waals surface area contributed by atoms with Gasteiger partial charge < -0.3 is 9.97 Å². The number of hydrogen-bond donors (Lipinski definition) is 2. The van der Waals surface area contributed by atoms with E-state index in [1.165, 1.54) is 0 Å². The molecule has 0 spiro atoms. The third-order valence-electron chi connectivity index (χ3n) is 3.60. The summed E-state index contributed by atoms with van der Waals surface area (Å²) in [6.07, 6.45) is 7.37. The fraction of sp³-hybridized carbons (Fsp3) is 0. The van der Waals surface area contributed by atoms with Gasteiger partial charge in [0.2, 0.25) is 0 Å². The minimum Gasteiger partial charge on any atom is -0.360 e. The Hall–Kier alpha value is -2.18. The summed E-state index contributed by atoms with van der Waals surface area (Å²) >= 11 is 6.75. The number of nitrogens with one attached hydrogen (secondary N) is 2. The first kappa shape index (κ1) is 23.1. The zero-order valence-corrected chi connectivity index (χ0v) is 19.3. The van der Waals surface area contributed by atoms with Crippen LogP contribution in [0.5, 0.6) is 0 Å². The van der Waals surface area contributed by atoms with Gasteiger partial charge in [0.15, 0.2) is 0 Å². The van der Waals surface area contributed by atoms with E-state index < -0.39 is 0 Å². The molecule has 2 heterocycles. The van der Waals surface area contributed by atoms with Crippen LogP contribution in [0.3, 0.4) is 0 Å². The number of nitrogens with zero attached hydrogens (tertiary/aromatic N) is 2. The molecule has 4 rings (SSSR count). The zero-order valence-electron chi connectivity index (χ0n) is 15.2. The third-order valence-corrected chi connectivity index (χ3v) is 4.66. The second-order valence-electron chi connectivity index (χ2n) is 5.72. The van der Waals surface area contributed by atoms with Gasteiger partial charge in [-0.05, 0) is 72.8 Å². The number of halogens is 2. The number of H-pyrrole nitrogens is 2. The van der Waals surface area contributed by atoms with Crippen molar-refractivity contribution in [2.24, 2.45) is 9.98 Å². The van der Waals surface area contributed by atoms with Crippen LogP contribution < -0.4 is 0 Å². The molecule has 7 heteroatoms.